The van der Waals surface area contributed by atoms with Crippen LogP contribution in [0.15, 0.2) is 103 Å². The van der Waals surface area contributed by atoms with Crippen molar-refractivity contribution in [2.75, 3.05) is 4.90 Å². The number of fused-ring (bicyclic) bond motifs is 3. The number of hydrogen-bond donors (Lipinski definition) is 0. The average Bonchev–Trinajstić information content (AvgIpc) is 2.78. The molecule has 0 radical (unpaired) electrons. The van der Waals surface area contributed by atoms with Crippen molar-refractivity contribution in [1.82, 2.24) is 0 Å². The van der Waals surface area contributed by atoms with Gasteiger partial charge in [-0.3, -0.25) is 0 Å². The molecule has 0 aliphatic carbocycles. The summed E-state index contributed by atoms with van der Waals surface area (Å²) >= 11 is 0. The molecule has 0 spiro atoms. The highest BCUT2D eigenvalue weighted by atomic mass is 15.1. The zero-order valence-electron chi connectivity index (χ0n) is 15.2. The van der Waals surface area contributed by atoms with Gasteiger partial charge in [0.05, 0.1) is 0 Å². The molecule has 5 rings (SSSR count). The van der Waals surface area contributed by atoms with E-state index in [1.807, 2.05) is 0 Å². The van der Waals surface area contributed by atoms with Crippen molar-refractivity contribution >= 4 is 17.1 Å². The first-order valence-electron chi connectivity index (χ1n) is 9.48. The Bertz CT molecular complexity index is 1010. The molecule has 1 nitrogen and oxygen atoms in total. The monoisotopic (exact) mass is 347 g/mol. The minimum Gasteiger partial charge on any atom is -0.310 e. The maximum absolute atomic E-state index is 2.41. The van der Waals surface area contributed by atoms with Gasteiger partial charge in [-0.2, -0.15) is 0 Å². The third-order valence-electron chi connectivity index (χ3n) is 5.36. The van der Waals surface area contributed by atoms with Crippen LogP contribution >= 0.6 is 0 Å². The van der Waals surface area contributed by atoms with Crippen molar-refractivity contribution in [3.05, 3.63) is 125 Å². The molecule has 4 aromatic rings. The summed E-state index contributed by atoms with van der Waals surface area (Å²) in [5, 5.41) is 0. The Balaban J connectivity index is 1.82. The highest BCUT2D eigenvalue weighted by molar-refractivity contribution is 5.81. The third-order valence-corrected chi connectivity index (χ3v) is 5.36. The SMILES string of the molecule is c1ccc(N2c3ccccc3Cc3ccccc3Cc3ccccc32)cc1. The predicted octanol–water partition coefficient (Wildman–Crippen LogP) is 6.65. The number of hydrogen-bond acceptors (Lipinski definition) is 1. The molecule has 130 valence electrons. The minimum atomic E-state index is 0.948. The summed E-state index contributed by atoms with van der Waals surface area (Å²) in [5.74, 6) is 0. The largest absolute Gasteiger partial charge is 0.310 e. The van der Waals surface area contributed by atoms with E-state index in [2.05, 4.69) is 108 Å². The first-order valence-corrected chi connectivity index (χ1v) is 9.48. The Morgan fingerprint density at radius 2 is 0.815 bits per heavy atom. The van der Waals surface area contributed by atoms with Crippen LogP contribution in [0.3, 0.4) is 0 Å². The normalized spacial score (nSPS) is 12.8. The molecule has 4 aromatic carbocycles. The Morgan fingerprint density at radius 3 is 1.33 bits per heavy atom. The van der Waals surface area contributed by atoms with Crippen LogP contribution < -0.4 is 4.90 Å². The van der Waals surface area contributed by atoms with Crippen LogP contribution in [0.2, 0.25) is 0 Å². The molecule has 0 atom stereocenters. The van der Waals surface area contributed by atoms with E-state index >= 15 is 0 Å². The van der Waals surface area contributed by atoms with E-state index in [-0.39, 0.29) is 0 Å². The fraction of sp³-hybridized carbons (Fsp3) is 0.0769. The molecule has 1 heterocycles. The third kappa shape index (κ3) is 2.92. The molecule has 0 amide bonds. The summed E-state index contributed by atoms with van der Waals surface area (Å²) in [6, 6.07) is 37.1. The van der Waals surface area contributed by atoms with Gasteiger partial charge in [0.1, 0.15) is 0 Å². The van der Waals surface area contributed by atoms with Gasteiger partial charge in [0, 0.05) is 17.1 Å². The summed E-state index contributed by atoms with van der Waals surface area (Å²) in [6.07, 6.45) is 1.90. The molecular formula is C26H21N. The molecule has 0 N–H and O–H groups in total. The van der Waals surface area contributed by atoms with Gasteiger partial charge in [-0.05, 0) is 59.4 Å². The van der Waals surface area contributed by atoms with Crippen LogP contribution in [0.1, 0.15) is 22.3 Å². The van der Waals surface area contributed by atoms with Crippen molar-refractivity contribution in [1.29, 1.82) is 0 Å². The van der Waals surface area contributed by atoms with E-state index in [9.17, 15) is 0 Å². The number of rotatable bonds is 1. The van der Waals surface area contributed by atoms with Gasteiger partial charge in [-0.1, -0.05) is 78.9 Å². The molecular weight excluding hydrogens is 326 g/mol. The molecule has 0 saturated carbocycles. The fourth-order valence-electron chi connectivity index (χ4n) is 4.05. The number of para-hydroxylation sites is 3. The van der Waals surface area contributed by atoms with Gasteiger partial charge in [0.2, 0.25) is 0 Å². The smallest absolute Gasteiger partial charge is 0.0497 e. The van der Waals surface area contributed by atoms with E-state index in [1.54, 1.807) is 0 Å². The van der Waals surface area contributed by atoms with Crippen LogP contribution in [-0.4, -0.2) is 0 Å². The number of anilines is 3. The number of benzene rings is 4. The van der Waals surface area contributed by atoms with E-state index < -0.39 is 0 Å². The van der Waals surface area contributed by atoms with Crippen LogP contribution in [0.25, 0.3) is 0 Å². The topological polar surface area (TPSA) is 3.24 Å². The van der Waals surface area contributed by atoms with Crippen molar-refractivity contribution in [2.45, 2.75) is 12.8 Å². The Labute approximate surface area is 160 Å². The fourth-order valence-corrected chi connectivity index (χ4v) is 4.05. The molecule has 0 fully saturated rings. The van der Waals surface area contributed by atoms with Crippen molar-refractivity contribution < 1.29 is 0 Å². The summed E-state index contributed by atoms with van der Waals surface area (Å²) in [4.78, 5) is 2.41. The second kappa shape index (κ2) is 6.77. The lowest BCUT2D eigenvalue weighted by molar-refractivity contribution is 1.10. The maximum atomic E-state index is 2.41. The standard InChI is InChI=1S/C26H21N/c1-2-14-24(15-3-1)27-25-16-8-6-12-22(25)18-20-10-4-5-11-21(20)19-23-13-7-9-17-26(23)27/h1-17H,18-19H2. The summed E-state index contributed by atoms with van der Waals surface area (Å²) in [5.41, 5.74) is 9.24. The van der Waals surface area contributed by atoms with Gasteiger partial charge >= 0.3 is 0 Å². The predicted molar refractivity (Wildman–Crippen MR) is 113 cm³/mol. The van der Waals surface area contributed by atoms with Crippen LogP contribution in [0.4, 0.5) is 17.1 Å². The molecule has 1 aliphatic heterocycles. The summed E-state index contributed by atoms with van der Waals surface area (Å²) < 4.78 is 0. The van der Waals surface area contributed by atoms with E-state index in [1.165, 1.54) is 39.3 Å². The van der Waals surface area contributed by atoms with Crippen molar-refractivity contribution in [3.63, 3.8) is 0 Å². The highest BCUT2D eigenvalue weighted by Gasteiger charge is 2.21. The van der Waals surface area contributed by atoms with Gasteiger partial charge in [0.25, 0.3) is 0 Å². The average molecular weight is 347 g/mol. The van der Waals surface area contributed by atoms with Gasteiger partial charge in [0.15, 0.2) is 0 Å². The zero-order valence-corrected chi connectivity index (χ0v) is 15.2. The van der Waals surface area contributed by atoms with Crippen molar-refractivity contribution in [2.24, 2.45) is 0 Å². The molecule has 0 bridgehead atoms. The molecule has 0 unspecified atom stereocenters. The lowest BCUT2D eigenvalue weighted by Gasteiger charge is -2.29. The lowest BCUT2D eigenvalue weighted by Crippen LogP contribution is -2.13. The molecule has 1 aliphatic rings. The second-order valence-electron chi connectivity index (χ2n) is 7.05. The minimum absolute atomic E-state index is 0.948. The molecule has 1 heteroatoms. The van der Waals surface area contributed by atoms with Gasteiger partial charge in [-0.25, -0.2) is 0 Å². The first kappa shape index (κ1) is 15.9. The Morgan fingerprint density at radius 1 is 0.407 bits per heavy atom. The molecule has 0 aromatic heterocycles. The summed E-state index contributed by atoms with van der Waals surface area (Å²) in [6.45, 7) is 0. The Hall–Kier alpha value is -3.32. The molecule has 27 heavy (non-hydrogen) atoms. The second-order valence-corrected chi connectivity index (χ2v) is 7.05. The lowest BCUT2D eigenvalue weighted by atomic mass is 9.95. The summed E-state index contributed by atoms with van der Waals surface area (Å²) in [7, 11) is 0. The number of nitrogens with zero attached hydrogens (tertiary/aromatic N) is 1. The first-order chi connectivity index (χ1) is 13.4. The highest BCUT2D eigenvalue weighted by Crippen LogP contribution is 2.41. The quantitative estimate of drug-likeness (QED) is 0.328. The maximum Gasteiger partial charge on any atom is 0.0497 e. The zero-order chi connectivity index (χ0) is 18.1. The van der Waals surface area contributed by atoms with Gasteiger partial charge < -0.3 is 4.90 Å². The molecule has 0 saturated heterocycles. The van der Waals surface area contributed by atoms with Crippen LogP contribution in [0, 0.1) is 0 Å². The van der Waals surface area contributed by atoms with E-state index in [0.29, 0.717) is 0 Å². The van der Waals surface area contributed by atoms with Crippen LogP contribution in [0.5, 0.6) is 0 Å². The Kier molecular flexibility index (Phi) is 3.99. The van der Waals surface area contributed by atoms with Crippen molar-refractivity contribution in [3.8, 4) is 0 Å². The van der Waals surface area contributed by atoms with Gasteiger partial charge in [-0.15, -0.1) is 0 Å². The van der Waals surface area contributed by atoms with E-state index in [0.717, 1.165) is 12.8 Å². The van der Waals surface area contributed by atoms with Crippen LogP contribution in [-0.2, 0) is 12.8 Å². The van der Waals surface area contributed by atoms with E-state index in [4.69, 9.17) is 0 Å².